The van der Waals surface area contributed by atoms with Gasteiger partial charge in [-0.25, -0.2) is 0 Å². The lowest BCUT2D eigenvalue weighted by Crippen LogP contribution is -2.49. The fraction of sp³-hybridized carbons (Fsp3) is 0.656. The quantitative estimate of drug-likeness (QED) is 0.107. The molecular weight excluding hydrogens is 496 g/mol. The van der Waals surface area contributed by atoms with Gasteiger partial charge in [0.05, 0.1) is 10.8 Å². The minimum Gasteiger partial charge on any atom is -0.511 e. The zero-order chi connectivity index (χ0) is 29.7. The van der Waals surface area contributed by atoms with Crippen LogP contribution in [-0.4, -0.2) is 37.8 Å². The second kappa shape index (κ2) is 13.0. The van der Waals surface area contributed by atoms with Crippen molar-refractivity contribution in [3.05, 3.63) is 28.5 Å². The molecule has 0 unspecified atom stereocenters. The molecule has 0 spiro atoms. The number of rotatable bonds is 14. The van der Waals surface area contributed by atoms with E-state index < -0.39 is 57.1 Å². The van der Waals surface area contributed by atoms with Crippen LogP contribution in [0.15, 0.2) is 17.4 Å². The third kappa shape index (κ3) is 6.85. The molecule has 0 aromatic heterocycles. The maximum absolute atomic E-state index is 13.6. The first-order valence-corrected chi connectivity index (χ1v) is 14.4. The number of carbonyl (C=O) groups is 3. The highest BCUT2D eigenvalue weighted by atomic mass is 16.3. The van der Waals surface area contributed by atoms with Crippen molar-refractivity contribution in [1.29, 1.82) is 0 Å². The van der Waals surface area contributed by atoms with Crippen LogP contribution in [-0.2, 0) is 9.59 Å². The Morgan fingerprint density at radius 2 is 1.36 bits per heavy atom. The van der Waals surface area contributed by atoms with Crippen molar-refractivity contribution in [1.82, 2.24) is 0 Å². The highest BCUT2D eigenvalue weighted by molar-refractivity contribution is 6.19. The summed E-state index contributed by atoms with van der Waals surface area (Å²) < 4.78 is 0. The van der Waals surface area contributed by atoms with Gasteiger partial charge in [-0.15, -0.1) is 0 Å². The fourth-order valence-electron chi connectivity index (χ4n) is 5.77. The Morgan fingerprint density at radius 3 is 1.90 bits per heavy atom. The fourth-order valence-corrected chi connectivity index (χ4v) is 5.77. The molecule has 4 N–H and O–H groups in total. The molecule has 7 nitrogen and oxygen atoms in total. The smallest absolute Gasteiger partial charge is 0.175 e. The zero-order valence-electron chi connectivity index (χ0n) is 24.8. The monoisotopic (exact) mass is 544 g/mol. The molecule has 39 heavy (non-hydrogen) atoms. The van der Waals surface area contributed by atoms with Crippen LogP contribution in [0.25, 0.3) is 0 Å². The number of hydrogen-bond donors (Lipinski definition) is 4. The minimum atomic E-state index is -1.43. The third-order valence-corrected chi connectivity index (χ3v) is 8.03. The van der Waals surface area contributed by atoms with Crippen LogP contribution in [0, 0.1) is 16.7 Å². The first kappa shape index (κ1) is 32.4. The average molecular weight is 545 g/mol. The number of hydrogen-bond acceptors (Lipinski definition) is 7. The summed E-state index contributed by atoms with van der Waals surface area (Å²) in [5.41, 5.74) is -3.25. The van der Waals surface area contributed by atoms with Crippen LogP contribution < -0.4 is 0 Å². The van der Waals surface area contributed by atoms with Gasteiger partial charge in [-0.1, -0.05) is 65.7 Å². The standard InChI is InChI=1S/C32H48O7/c1-8-9-10-11-12-13-14-15-16-21(33)26-23(35)18-22(34)24(27(26)36)20(17-19(2)3)25-28(37)31(4,5)30(39)32(6,7)29(25)38/h18-20,34-37H,8-17H2,1-7H3/t20-/m1/s1. The molecule has 7 heteroatoms. The van der Waals surface area contributed by atoms with Gasteiger partial charge in [-0.05, 0) is 46.5 Å². The lowest BCUT2D eigenvalue weighted by molar-refractivity contribution is -0.144. The summed E-state index contributed by atoms with van der Waals surface area (Å²) in [4.78, 5) is 39.8. The van der Waals surface area contributed by atoms with Gasteiger partial charge >= 0.3 is 0 Å². The second-order valence-corrected chi connectivity index (χ2v) is 12.6. The highest BCUT2D eigenvalue weighted by Crippen LogP contribution is 2.52. The van der Waals surface area contributed by atoms with Gasteiger partial charge in [0.2, 0.25) is 0 Å². The summed E-state index contributed by atoms with van der Waals surface area (Å²) in [6, 6.07) is 1.01. The van der Waals surface area contributed by atoms with Crippen LogP contribution >= 0.6 is 0 Å². The van der Waals surface area contributed by atoms with Gasteiger partial charge in [0.1, 0.15) is 28.6 Å². The SMILES string of the molecule is CCCCCCCCCCC(=O)c1c(O)cc(O)c([C@@H](CC(C)C)C2=C(O)C(C)(C)C(=O)C(C)(C)C2=O)c1O. The Labute approximate surface area is 233 Å². The molecule has 1 aliphatic carbocycles. The molecule has 0 bridgehead atoms. The zero-order valence-corrected chi connectivity index (χ0v) is 24.8. The van der Waals surface area contributed by atoms with E-state index in [0.29, 0.717) is 6.42 Å². The number of benzene rings is 1. The first-order chi connectivity index (χ1) is 18.1. The molecule has 0 saturated heterocycles. The number of aromatic hydroxyl groups is 3. The van der Waals surface area contributed by atoms with E-state index in [9.17, 15) is 34.8 Å². The highest BCUT2D eigenvalue weighted by Gasteiger charge is 2.55. The number of allylic oxidation sites excluding steroid dienone is 2. The van der Waals surface area contributed by atoms with Crippen molar-refractivity contribution in [3.63, 3.8) is 0 Å². The van der Waals surface area contributed by atoms with E-state index in [4.69, 9.17) is 0 Å². The van der Waals surface area contributed by atoms with E-state index >= 15 is 0 Å². The number of aliphatic hydroxyl groups excluding tert-OH is 1. The largest absolute Gasteiger partial charge is 0.511 e. The molecule has 0 heterocycles. The van der Waals surface area contributed by atoms with E-state index in [-0.39, 0.29) is 35.5 Å². The van der Waals surface area contributed by atoms with Gasteiger partial charge in [-0.2, -0.15) is 0 Å². The Bertz CT molecular complexity index is 1110. The van der Waals surface area contributed by atoms with Crippen molar-refractivity contribution in [2.45, 2.75) is 119 Å². The predicted molar refractivity (Wildman–Crippen MR) is 152 cm³/mol. The number of phenols is 3. The molecule has 0 fully saturated rings. The topological polar surface area (TPSA) is 132 Å². The maximum Gasteiger partial charge on any atom is 0.175 e. The number of aliphatic hydroxyl groups is 1. The summed E-state index contributed by atoms with van der Waals surface area (Å²) in [5, 5.41) is 44.0. The van der Waals surface area contributed by atoms with Crippen molar-refractivity contribution in [3.8, 4) is 17.2 Å². The van der Waals surface area contributed by atoms with E-state index in [1.54, 1.807) is 13.8 Å². The lowest BCUT2D eigenvalue weighted by Gasteiger charge is -2.41. The van der Waals surface area contributed by atoms with Gasteiger partial charge in [0.25, 0.3) is 0 Å². The van der Waals surface area contributed by atoms with Crippen LogP contribution in [0.3, 0.4) is 0 Å². The summed E-state index contributed by atoms with van der Waals surface area (Å²) >= 11 is 0. The number of phenolic OH excluding ortho intramolecular Hbond substituents is 3. The van der Waals surface area contributed by atoms with Gasteiger partial charge in [0, 0.05) is 29.5 Å². The molecule has 2 rings (SSSR count). The Kier molecular flexibility index (Phi) is 10.8. The number of Topliss-reactive ketones (excluding diaryl/α,β-unsaturated/α-hetero) is 3. The molecule has 0 aliphatic heterocycles. The molecular formula is C32H48O7. The van der Waals surface area contributed by atoms with E-state index in [2.05, 4.69) is 6.92 Å². The van der Waals surface area contributed by atoms with Crippen molar-refractivity contribution in [2.24, 2.45) is 16.7 Å². The molecule has 1 aliphatic rings. The molecule has 0 saturated carbocycles. The van der Waals surface area contributed by atoms with Crippen LogP contribution in [0.1, 0.15) is 135 Å². The van der Waals surface area contributed by atoms with Crippen LogP contribution in [0.2, 0.25) is 0 Å². The Balaban J connectivity index is 2.48. The maximum atomic E-state index is 13.6. The van der Waals surface area contributed by atoms with Crippen molar-refractivity contribution < 1.29 is 34.8 Å². The molecule has 218 valence electrons. The molecule has 0 radical (unpaired) electrons. The summed E-state index contributed by atoms with van der Waals surface area (Å²) in [6.45, 7) is 12.1. The minimum absolute atomic E-state index is 0.0453. The molecule has 1 aromatic carbocycles. The third-order valence-electron chi connectivity index (χ3n) is 8.03. The van der Waals surface area contributed by atoms with Crippen molar-refractivity contribution >= 4 is 17.3 Å². The summed E-state index contributed by atoms with van der Waals surface area (Å²) in [5.74, 6) is -4.53. The normalized spacial score (nSPS) is 17.6. The van der Waals surface area contributed by atoms with E-state index in [1.807, 2.05) is 13.8 Å². The van der Waals surface area contributed by atoms with Gasteiger partial charge in [0.15, 0.2) is 17.3 Å². The summed E-state index contributed by atoms with van der Waals surface area (Å²) in [6.07, 6.45) is 8.72. The molecule has 1 aromatic rings. The Hall–Kier alpha value is -2.83. The lowest BCUT2D eigenvalue weighted by atomic mass is 9.60. The van der Waals surface area contributed by atoms with E-state index in [0.717, 1.165) is 25.3 Å². The first-order valence-electron chi connectivity index (χ1n) is 14.4. The molecule has 1 atom stereocenters. The average Bonchev–Trinajstić information content (AvgIpc) is 2.83. The number of ketones is 3. The van der Waals surface area contributed by atoms with Crippen molar-refractivity contribution in [2.75, 3.05) is 0 Å². The number of unbranched alkanes of at least 4 members (excludes halogenated alkanes) is 7. The van der Waals surface area contributed by atoms with Gasteiger partial charge < -0.3 is 20.4 Å². The van der Waals surface area contributed by atoms with Gasteiger partial charge in [-0.3, -0.25) is 14.4 Å². The summed E-state index contributed by atoms with van der Waals surface area (Å²) in [7, 11) is 0. The van der Waals surface area contributed by atoms with Crippen LogP contribution in [0.5, 0.6) is 17.2 Å². The van der Waals surface area contributed by atoms with Crippen LogP contribution in [0.4, 0.5) is 0 Å². The number of carbonyl (C=O) groups excluding carboxylic acids is 3. The predicted octanol–water partition coefficient (Wildman–Crippen LogP) is 7.66. The second-order valence-electron chi connectivity index (χ2n) is 12.6. The Morgan fingerprint density at radius 1 is 0.821 bits per heavy atom. The van der Waals surface area contributed by atoms with E-state index in [1.165, 1.54) is 39.5 Å². The molecule has 0 amide bonds.